The summed E-state index contributed by atoms with van der Waals surface area (Å²) in [6, 6.07) is 2.84. The number of hydrogen-bond acceptors (Lipinski definition) is 4. The third-order valence-electron chi connectivity index (χ3n) is 2.98. The second-order valence-corrected chi connectivity index (χ2v) is 4.28. The number of halogens is 3. The van der Waals surface area contributed by atoms with Crippen molar-refractivity contribution in [3.8, 4) is 0 Å². The van der Waals surface area contributed by atoms with E-state index in [9.17, 15) is 13.2 Å². The molecule has 2 aromatic rings. The Morgan fingerprint density at radius 2 is 2.00 bits per heavy atom. The summed E-state index contributed by atoms with van der Waals surface area (Å²) >= 11 is 0. The summed E-state index contributed by atoms with van der Waals surface area (Å²) < 4.78 is 39.4. The summed E-state index contributed by atoms with van der Waals surface area (Å²) in [6.07, 6.45) is 0.189. The summed E-state index contributed by atoms with van der Waals surface area (Å²) in [4.78, 5) is 9.11. The highest BCUT2D eigenvalue weighted by molar-refractivity contribution is 5.35. The number of nitrogens with zero attached hydrogens (tertiary/aromatic N) is 5. The molecule has 0 spiro atoms. The molecule has 100 valence electrons. The summed E-state index contributed by atoms with van der Waals surface area (Å²) in [6.45, 7) is 1.12. The van der Waals surface area contributed by atoms with Crippen LogP contribution in [0.3, 0.4) is 0 Å². The van der Waals surface area contributed by atoms with Gasteiger partial charge in [0.2, 0.25) is 5.95 Å². The molecule has 0 aliphatic carbocycles. The van der Waals surface area contributed by atoms with E-state index in [0.717, 1.165) is 12.3 Å². The van der Waals surface area contributed by atoms with Crippen molar-refractivity contribution in [1.29, 1.82) is 0 Å². The Kier molecular flexibility index (Phi) is 2.65. The topological polar surface area (TPSA) is 46.8 Å². The number of aromatic nitrogens is 4. The van der Waals surface area contributed by atoms with Crippen molar-refractivity contribution in [2.75, 3.05) is 18.0 Å². The molecule has 5 nitrogen and oxygen atoms in total. The fourth-order valence-electron chi connectivity index (χ4n) is 1.94. The Labute approximate surface area is 106 Å². The van der Waals surface area contributed by atoms with E-state index in [0.29, 0.717) is 13.1 Å². The minimum atomic E-state index is -4.44. The molecule has 1 aliphatic heterocycles. The average molecular weight is 269 g/mol. The molecule has 19 heavy (non-hydrogen) atoms. The van der Waals surface area contributed by atoms with Crippen LogP contribution in [0.2, 0.25) is 0 Å². The average Bonchev–Trinajstić information content (AvgIpc) is 2.80. The molecule has 0 saturated carbocycles. The van der Waals surface area contributed by atoms with Gasteiger partial charge in [-0.2, -0.15) is 18.3 Å². The van der Waals surface area contributed by atoms with Crippen molar-refractivity contribution in [1.82, 2.24) is 19.7 Å². The Balaban J connectivity index is 1.72. The lowest BCUT2D eigenvalue weighted by molar-refractivity contribution is -0.141. The summed E-state index contributed by atoms with van der Waals surface area (Å²) in [5.41, 5.74) is -0.917. The van der Waals surface area contributed by atoms with E-state index < -0.39 is 11.9 Å². The van der Waals surface area contributed by atoms with Crippen LogP contribution in [0.1, 0.15) is 11.7 Å². The van der Waals surface area contributed by atoms with Crippen molar-refractivity contribution >= 4 is 5.95 Å². The minimum absolute atomic E-state index is 0.109. The lowest BCUT2D eigenvalue weighted by Gasteiger charge is -2.39. The normalized spacial score (nSPS) is 16.5. The molecule has 8 heteroatoms. The zero-order valence-corrected chi connectivity index (χ0v) is 9.75. The van der Waals surface area contributed by atoms with Crippen molar-refractivity contribution in [3.63, 3.8) is 0 Å². The highest BCUT2D eigenvalue weighted by Crippen LogP contribution is 2.30. The highest BCUT2D eigenvalue weighted by Gasteiger charge is 2.35. The first kappa shape index (κ1) is 11.9. The molecule has 3 rings (SSSR count). The van der Waals surface area contributed by atoms with Crippen LogP contribution in [0.5, 0.6) is 0 Å². The first-order chi connectivity index (χ1) is 9.04. The van der Waals surface area contributed by atoms with E-state index >= 15 is 0 Å². The van der Waals surface area contributed by atoms with Crippen LogP contribution < -0.4 is 4.90 Å². The molecular formula is C11H10F3N5. The maximum Gasteiger partial charge on any atom is 0.433 e. The molecular weight excluding hydrogens is 259 g/mol. The van der Waals surface area contributed by atoms with Gasteiger partial charge in [0, 0.05) is 31.7 Å². The van der Waals surface area contributed by atoms with E-state index in [4.69, 9.17) is 0 Å². The quantitative estimate of drug-likeness (QED) is 0.833. The molecule has 3 heterocycles. The Morgan fingerprint density at radius 3 is 2.63 bits per heavy atom. The van der Waals surface area contributed by atoms with Crippen molar-refractivity contribution in [2.45, 2.75) is 12.2 Å². The molecule has 2 aromatic heterocycles. The number of alkyl halides is 3. The fourth-order valence-corrected chi connectivity index (χ4v) is 1.94. The van der Waals surface area contributed by atoms with Gasteiger partial charge in [-0.1, -0.05) is 0 Å². The van der Waals surface area contributed by atoms with Gasteiger partial charge in [0.25, 0.3) is 0 Å². The second kappa shape index (κ2) is 4.22. The van der Waals surface area contributed by atoms with Gasteiger partial charge in [-0.3, -0.25) is 4.68 Å². The second-order valence-electron chi connectivity index (χ2n) is 4.28. The predicted molar refractivity (Wildman–Crippen MR) is 60.5 cm³/mol. The smallest absolute Gasteiger partial charge is 0.336 e. The van der Waals surface area contributed by atoms with Crippen molar-refractivity contribution < 1.29 is 13.2 Å². The molecule has 1 aliphatic rings. The van der Waals surface area contributed by atoms with Gasteiger partial charge in [0.05, 0.1) is 6.04 Å². The predicted octanol–water partition coefficient (Wildman–Crippen LogP) is 1.75. The van der Waals surface area contributed by atoms with Crippen LogP contribution in [-0.4, -0.2) is 32.8 Å². The molecule has 1 fully saturated rings. The Morgan fingerprint density at radius 1 is 1.21 bits per heavy atom. The molecule has 0 atom stereocenters. The minimum Gasteiger partial charge on any atom is -0.336 e. The monoisotopic (exact) mass is 269 g/mol. The zero-order chi connectivity index (χ0) is 13.5. The third-order valence-corrected chi connectivity index (χ3v) is 2.98. The largest absolute Gasteiger partial charge is 0.433 e. The van der Waals surface area contributed by atoms with Crippen LogP contribution in [-0.2, 0) is 6.18 Å². The first-order valence-electron chi connectivity index (χ1n) is 5.68. The van der Waals surface area contributed by atoms with Gasteiger partial charge < -0.3 is 4.90 Å². The van der Waals surface area contributed by atoms with Crippen LogP contribution >= 0.6 is 0 Å². The maximum atomic E-state index is 12.5. The molecule has 0 aromatic carbocycles. The van der Waals surface area contributed by atoms with Crippen molar-refractivity contribution in [3.05, 3.63) is 36.4 Å². The van der Waals surface area contributed by atoms with Gasteiger partial charge in [0.1, 0.15) is 5.69 Å². The maximum absolute atomic E-state index is 12.5. The zero-order valence-electron chi connectivity index (χ0n) is 9.75. The lowest BCUT2D eigenvalue weighted by Crippen LogP contribution is -2.48. The van der Waals surface area contributed by atoms with Gasteiger partial charge in [-0.05, 0) is 12.1 Å². The van der Waals surface area contributed by atoms with Crippen LogP contribution in [0.15, 0.2) is 30.7 Å². The van der Waals surface area contributed by atoms with Crippen LogP contribution in [0.4, 0.5) is 19.1 Å². The molecule has 0 unspecified atom stereocenters. The molecule has 1 saturated heterocycles. The Bertz CT molecular complexity index is 560. The third kappa shape index (κ3) is 2.25. The van der Waals surface area contributed by atoms with E-state index in [1.807, 2.05) is 12.3 Å². The number of hydrogen-bond donors (Lipinski definition) is 0. The summed E-state index contributed by atoms with van der Waals surface area (Å²) in [7, 11) is 0. The van der Waals surface area contributed by atoms with Gasteiger partial charge in [-0.25, -0.2) is 9.97 Å². The number of rotatable bonds is 2. The molecule has 0 N–H and O–H groups in total. The number of anilines is 1. The SMILES string of the molecule is FC(F)(F)c1ccnc(N2CC(n3cccn3)C2)n1. The fraction of sp³-hybridized carbons (Fsp3) is 0.364. The van der Waals surface area contributed by atoms with E-state index in [-0.39, 0.29) is 12.0 Å². The highest BCUT2D eigenvalue weighted by atomic mass is 19.4. The van der Waals surface area contributed by atoms with Gasteiger partial charge in [0.15, 0.2) is 0 Å². The van der Waals surface area contributed by atoms with Gasteiger partial charge >= 0.3 is 6.18 Å². The summed E-state index contributed by atoms with van der Waals surface area (Å²) in [5, 5.41) is 4.09. The molecule has 0 bridgehead atoms. The van der Waals surface area contributed by atoms with Crippen LogP contribution in [0, 0.1) is 0 Å². The molecule has 0 amide bonds. The van der Waals surface area contributed by atoms with E-state index in [1.165, 1.54) is 0 Å². The Hall–Kier alpha value is -2.12. The summed E-state index contributed by atoms with van der Waals surface area (Å²) in [5.74, 6) is 0.109. The van der Waals surface area contributed by atoms with Crippen LogP contribution in [0.25, 0.3) is 0 Å². The van der Waals surface area contributed by atoms with Crippen molar-refractivity contribution in [2.24, 2.45) is 0 Å². The van der Waals surface area contributed by atoms with E-state index in [2.05, 4.69) is 15.1 Å². The first-order valence-corrected chi connectivity index (χ1v) is 5.68. The lowest BCUT2D eigenvalue weighted by atomic mass is 10.1. The molecule has 0 radical (unpaired) electrons. The standard InChI is InChI=1S/C11H10F3N5/c12-11(13,14)9-2-4-15-10(17-9)18-6-8(7-18)19-5-1-3-16-19/h1-5,8H,6-7H2. The van der Waals surface area contributed by atoms with E-state index in [1.54, 1.807) is 15.8 Å². The van der Waals surface area contributed by atoms with Gasteiger partial charge in [-0.15, -0.1) is 0 Å².